The van der Waals surface area contributed by atoms with Crippen molar-refractivity contribution in [2.24, 2.45) is 0 Å². The number of nitrogens with zero attached hydrogens (tertiary/aromatic N) is 1. The van der Waals surface area contributed by atoms with Crippen molar-refractivity contribution < 1.29 is 28.5 Å². The molecule has 2 aromatic rings. The lowest BCUT2D eigenvalue weighted by molar-refractivity contribution is -0.116. The van der Waals surface area contributed by atoms with Crippen molar-refractivity contribution in [3.05, 3.63) is 48.0 Å². The Kier molecular flexibility index (Phi) is 8.12. The molecule has 2 aromatic carbocycles. The number of carbonyl (C=O) groups is 2. The highest BCUT2D eigenvalue weighted by molar-refractivity contribution is 6.02. The lowest BCUT2D eigenvalue weighted by atomic mass is 10.1. The number of ether oxygens (including phenoxy) is 4. The van der Waals surface area contributed by atoms with Crippen molar-refractivity contribution in [3.63, 3.8) is 0 Å². The summed E-state index contributed by atoms with van der Waals surface area (Å²) >= 11 is 0. The van der Waals surface area contributed by atoms with E-state index in [1.54, 1.807) is 19.2 Å². The van der Waals surface area contributed by atoms with E-state index in [2.05, 4.69) is 10.2 Å². The Hall–Kier alpha value is -3.26. The highest BCUT2D eigenvalue weighted by Crippen LogP contribution is 2.25. The van der Waals surface area contributed by atoms with E-state index in [1.165, 1.54) is 7.11 Å². The molecule has 0 unspecified atom stereocenters. The smallest absolute Gasteiger partial charge is 0.340 e. The number of morpholine rings is 1. The van der Waals surface area contributed by atoms with Crippen LogP contribution in [0.3, 0.4) is 0 Å². The first kappa shape index (κ1) is 22.4. The molecule has 0 bridgehead atoms. The van der Waals surface area contributed by atoms with Crippen LogP contribution in [0.5, 0.6) is 11.5 Å². The maximum Gasteiger partial charge on any atom is 0.340 e. The van der Waals surface area contributed by atoms with Gasteiger partial charge in [-0.3, -0.25) is 4.79 Å². The van der Waals surface area contributed by atoms with Crippen LogP contribution < -0.4 is 19.7 Å². The Balaban J connectivity index is 1.54. The second-order valence-corrected chi connectivity index (χ2v) is 7.00. The van der Waals surface area contributed by atoms with Gasteiger partial charge in [0.1, 0.15) is 11.5 Å². The summed E-state index contributed by atoms with van der Waals surface area (Å²) in [4.78, 5) is 26.8. The zero-order chi connectivity index (χ0) is 22.1. The molecule has 0 spiro atoms. The van der Waals surface area contributed by atoms with Gasteiger partial charge in [-0.1, -0.05) is 0 Å². The standard InChI is InChI=1S/C23H28N2O6/c1-28-18-6-8-19(9-7-18)31-13-3-4-22(26)24-21-10-5-17(16-20(21)23(27)29-2)25-11-14-30-15-12-25/h5-10,16H,3-4,11-15H2,1-2H3,(H,24,26). The third-order valence-electron chi connectivity index (χ3n) is 4.94. The Morgan fingerprint density at radius 2 is 1.74 bits per heavy atom. The zero-order valence-electron chi connectivity index (χ0n) is 17.9. The minimum atomic E-state index is -0.492. The average Bonchev–Trinajstić information content (AvgIpc) is 2.82. The van der Waals surface area contributed by atoms with Gasteiger partial charge in [-0.15, -0.1) is 0 Å². The average molecular weight is 428 g/mol. The molecule has 3 rings (SSSR count). The highest BCUT2D eigenvalue weighted by atomic mass is 16.5. The maximum atomic E-state index is 12.4. The van der Waals surface area contributed by atoms with Crippen LogP contribution in [-0.4, -0.2) is 59.0 Å². The van der Waals surface area contributed by atoms with Gasteiger partial charge < -0.3 is 29.2 Å². The summed E-state index contributed by atoms with van der Waals surface area (Å²) in [5.74, 6) is 0.788. The van der Waals surface area contributed by atoms with E-state index in [0.717, 1.165) is 24.5 Å². The number of hydrogen-bond acceptors (Lipinski definition) is 7. The number of anilines is 2. The van der Waals surface area contributed by atoms with Crippen molar-refractivity contribution in [2.75, 3.05) is 57.3 Å². The fourth-order valence-corrected chi connectivity index (χ4v) is 3.25. The van der Waals surface area contributed by atoms with Gasteiger partial charge in [0.15, 0.2) is 0 Å². The Morgan fingerprint density at radius 1 is 1.03 bits per heavy atom. The molecule has 0 aromatic heterocycles. The molecule has 1 amide bonds. The van der Waals surface area contributed by atoms with Crippen LogP contribution in [0.25, 0.3) is 0 Å². The van der Waals surface area contributed by atoms with E-state index >= 15 is 0 Å². The summed E-state index contributed by atoms with van der Waals surface area (Å²) in [6, 6.07) is 12.6. The van der Waals surface area contributed by atoms with Crippen LogP contribution in [0.15, 0.2) is 42.5 Å². The normalized spacial score (nSPS) is 13.4. The molecule has 166 valence electrons. The number of nitrogens with one attached hydrogen (secondary N) is 1. The third kappa shape index (κ3) is 6.36. The first-order chi connectivity index (χ1) is 15.1. The molecule has 1 N–H and O–H groups in total. The van der Waals surface area contributed by atoms with Gasteiger partial charge in [-0.05, 0) is 48.9 Å². The molecule has 1 aliphatic heterocycles. The van der Waals surface area contributed by atoms with Crippen molar-refractivity contribution >= 4 is 23.3 Å². The minimum absolute atomic E-state index is 0.192. The Morgan fingerprint density at radius 3 is 2.42 bits per heavy atom. The molecule has 31 heavy (non-hydrogen) atoms. The lowest BCUT2D eigenvalue weighted by Crippen LogP contribution is -2.36. The Bertz CT molecular complexity index is 878. The number of esters is 1. The molecule has 8 nitrogen and oxygen atoms in total. The number of benzene rings is 2. The first-order valence-corrected chi connectivity index (χ1v) is 10.2. The molecule has 1 heterocycles. The van der Waals surface area contributed by atoms with Gasteiger partial charge in [-0.2, -0.15) is 0 Å². The molecule has 0 atom stereocenters. The molecule has 0 saturated carbocycles. The summed E-state index contributed by atoms with van der Waals surface area (Å²) in [5.41, 5.74) is 1.66. The molecular weight excluding hydrogens is 400 g/mol. The van der Waals surface area contributed by atoms with Gasteiger partial charge in [0.2, 0.25) is 5.91 Å². The van der Waals surface area contributed by atoms with Crippen LogP contribution >= 0.6 is 0 Å². The fraction of sp³-hybridized carbons (Fsp3) is 0.391. The molecule has 0 radical (unpaired) electrons. The molecular formula is C23H28N2O6. The number of carbonyl (C=O) groups excluding carboxylic acids is 2. The van der Waals surface area contributed by atoms with Gasteiger partial charge >= 0.3 is 5.97 Å². The van der Waals surface area contributed by atoms with E-state index in [4.69, 9.17) is 18.9 Å². The van der Waals surface area contributed by atoms with Crippen LogP contribution in [-0.2, 0) is 14.3 Å². The summed E-state index contributed by atoms with van der Waals surface area (Å²) in [5, 5.41) is 2.81. The number of hydrogen-bond donors (Lipinski definition) is 1. The predicted octanol–water partition coefficient (Wildman–Crippen LogP) is 3.12. The number of methoxy groups -OCH3 is 2. The minimum Gasteiger partial charge on any atom is -0.497 e. The van der Waals surface area contributed by atoms with E-state index < -0.39 is 5.97 Å². The van der Waals surface area contributed by atoms with E-state index in [1.807, 2.05) is 30.3 Å². The van der Waals surface area contributed by atoms with Gasteiger partial charge in [0.05, 0.1) is 45.3 Å². The zero-order valence-corrected chi connectivity index (χ0v) is 17.9. The van der Waals surface area contributed by atoms with Crippen molar-refractivity contribution in [2.45, 2.75) is 12.8 Å². The van der Waals surface area contributed by atoms with Crippen molar-refractivity contribution in [3.8, 4) is 11.5 Å². The fourth-order valence-electron chi connectivity index (χ4n) is 3.25. The summed E-state index contributed by atoms with van der Waals surface area (Å²) in [7, 11) is 2.93. The summed E-state index contributed by atoms with van der Waals surface area (Å²) in [6.45, 7) is 3.19. The lowest BCUT2D eigenvalue weighted by Gasteiger charge is -2.29. The number of amides is 1. The SMILES string of the molecule is COC(=O)c1cc(N2CCOCC2)ccc1NC(=O)CCCOc1ccc(OC)cc1. The molecule has 1 aliphatic rings. The second kappa shape index (κ2) is 11.2. The predicted molar refractivity (Wildman–Crippen MR) is 117 cm³/mol. The van der Waals surface area contributed by atoms with Crippen molar-refractivity contribution in [1.82, 2.24) is 0 Å². The van der Waals surface area contributed by atoms with Gasteiger partial charge in [-0.25, -0.2) is 4.79 Å². The second-order valence-electron chi connectivity index (χ2n) is 7.00. The van der Waals surface area contributed by atoms with Gasteiger partial charge in [0, 0.05) is 25.2 Å². The Labute approximate surface area is 182 Å². The van der Waals surface area contributed by atoms with E-state index in [-0.39, 0.29) is 12.3 Å². The van der Waals surface area contributed by atoms with Crippen LogP contribution in [0.1, 0.15) is 23.2 Å². The topological polar surface area (TPSA) is 86.3 Å². The first-order valence-electron chi connectivity index (χ1n) is 10.2. The van der Waals surface area contributed by atoms with Crippen LogP contribution in [0.2, 0.25) is 0 Å². The monoisotopic (exact) mass is 428 g/mol. The quantitative estimate of drug-likeness (QED) is 0.485. The maximum absolute atomic E-state index is 12.4. The largest absolute Gasteiger partial charge is 0.497 e. The third-order valence-corrected chi connectivity index (χ3v) is 4.94. The van der Waals surface area contributed by atoms with Crippen LogP contribution in [0, 0.1) is 0 Å². The molecule has 1 fully saturated rings. The summed E-state index contributed by atoms with van der Waals surface area (Å²) in [6.07, 6.45) is 0.805. The van der Waals surface area contributed by atoms with Crippen LogP contribution in [0.4, 0.5) is 11.4 Å². The molecule has 1 saturated heterocycles. The molecule has 8 heteroatoms. The van der Waals surface area contributed by atoms with Crippen molar-refractivity contribution in [1.29, 1.82) is 0 Å². The highest BCUT2D eigenvalue weighted by Gasteiger charge is 2.18. The summed E-state index contributed by atoms with van der Waals surface area (Å²) < 4.78 is 21.0. The van der Waals surface area contributed by atoms with E-state index in [9.17, 15) is 9.59 Å². The molecule has 0 aliphatic carbocycles. The van der Waals surface area contributed by atoms with E-state index in [0.29, 0.717) is 43.2 Å². The number of rotatable bonds is 9. The van der Waals surface area contributed by atoms with Gasteiger partial charge in [0.25, 0.3) is 0 Å².